The van der Waals surface area contributed by atoms with E-state index in [9.17, 15) is 18.4 Å². The van der Waals surface area contributed by atoms with Crippen LogP contribution in [0.25, 0.3) is 0 Å². The first-order chi connectivity index (χ1) is 13.0. The molecule has 1 aromatic heterocycles. The molecule has 9 heteroatoms. The number of carbonyl (C=O) groups is 2. The van der Waals surface area contributed by atoms with Crippen molar-refractivity contribution in [3.8, 4) is 5.75 Å². The van der Waals surface area contributed by atoms with Gasteiger partial charge in [0.2, 0.25) is 11.8 Å². The van der Waals surface area contributed by atoms with E-state index >= 15 is 0 Å². The van der Waals surface area contributed by atoms with Crippen LogP contribution in [0.4, 0.5) is 13.9 Å². The lowest BCUT2D eigenvalue weighted by Gasteiger charge is -2.32. The number of hydrogen-bond acceptors (Lipinski definition) is 5. The largest absolute Gasteiger partial charge is 0.435 e. The number of amides is 2. The lowest BCUT2D eigenvalue weighted by atomic mass is 9.96. The van der Waals surface area contributed by atoms with Crippen LogP contribution in [0.15, 0.2) is 35.8 Å². The number of anilines is 1. The molecule has 3 rings (SSSR count). The fourth-order valence-electron chi connectivity index (χ4n) is 2.99. The van der Waals surface area contributed by atoms with E-state index in [0.29, 0.717) is 23.8 Å². The molecule has 27 heavy (non-hydrogen) atoms. The average Bonchev–Trinajstić information content (AvgIpc) is 3.16. The maximum atomic E-state index is 12.5. The molecule has 6 nitrogen and oxygen atoms in total. The van der Waals surface area contributed by atoms with Gasteiger partial charge >= 0.3 is 6.61 Å². The SMILES string of the molecule is O=C(Nc1nccs1)C1CCCN(C(=O)Cc2ccc(OC(F)F)cc2)C1. The number of ether oxygens (including phenoxy) is 1. The smallest absolute Gasteiger partial charge is 0.387 e. The Bertz CT molecular complexity index is 769. The van der Waals surface area contributed by atoms with Gasteiger partial charge in [-0.15, -0.1) is 11.3 Å². The van der Waals surface area contributed by atoms with Crippen LogP contribution < -0.4 is 10.1 Å². The highest BCUT2D eigenvalue weighted by Crippen LogP contribution is 2.21. The van der Waals surface area contributed by atoms with Crippen molar-refractivity contribution in [2.24, 2.45) is 5.92 Å². The van der Waals surface area contributed by atoms with E-state index in [1.54, 1.807) is 28.6 Å². The van der Waals surface area contributed by atoms with Crippen molar-refractivity contribution in [1.82, 2.24) is 9.88 Å². The monoisotopic (exact) mass is 395 g/mol. The first-order valence-electron chi connectivity index (χ1n) is 8.53. The molecule has 2 heterocycles. The predicted molar refractivity (Wildman–Crippen MR) is 96.8 cm³/mol. The van der Waals surface area contributed by atoms with Crippen molar-refractivity contribution in [3.63, 3.8) is 0 Å². The van der Waals surface area contributed by atoms with Gasteiger partial charge in [0.15, 0.2) is 5.13 Å². The molecule has 1 aliphatic heterocycles. The quantitative estimate of drug-likeness (QED) is 0.816. The second kappa shape index (κ2) is 8.90. The van der Waals surface area contributed by atoms with Gasteiger partial charge in [-0.3, -0.25) is 9.59 Å². The van der Waals surface area contributed by atoms with Crippen LogP contribution in [-0.2, 0) is 16.0 Å². The normalized spacial score (nSPS) is 17.0. The molecule has 1 aromatic carbocycles. The maximum absolute atomic E-state index is 12.5. The first-order valence-corrected chi connectivity index (χ1v) is 9.41. The van der Waals surface area contributed by atoms with Gasteiger partial charge in [0.1, 0.15) is 5.75 Å². The Morgan fingerprint density at radius 3 is 2.78 bits per heavy atom. The summed E-state index contributed by atoms with van der Waals surface area (Å²) < 4.78 is 28.6. The highest BCUT2D eigenvalue weighted by atomic mass is 32.1. The van der Waals surface area contributed by atoms with Crippen molar-refractivity contribution >= 4 is 28.3 Å². The van der Waals surface area contributed by atoms with E-state index < -0.39 is 6.61 Å². The fourth-order valence-corrected chi connectivity index (χ4v) is 3.52. The summed E-state index contributed by atoms with van der Waals surface area (Å²) in [4.78, 5) is 30.6. The molecule has 0 bridgehead atoms. The second-order valence-corrected chi connectivity index (χ2v) is 7.10. The molecule has 144 valence electrons. The van der Waals surface area contributed by atoms with Crippen LogP contribution in [0.3, 0.4) is 0 Å². The van der Waals surface area contributed by atoms with E-state index in [2.05, 4.69) is 15.0 Å². The molecule has 0 radical (unpaired) electrons. The average molecular weight is 395 g/mol. The Labute approximate surface area is 159 Å². The molecule has 1 atom stereocenters. The maximum Gasteiger partial charge on any atom is 0.387 e. The zero-order valence-corrected chi connectivity index (χ0v) is 15.3. The van der Waals surface area contributed by atoms with Crippen molar-refractivity contribution in [3.05, 3.63) is 41.4 Å². The van der Waals surface area contributed by atoms with Gasteiger partial charge in [0.05, 0.1) is 12.3 Å². The van der Waals surface area contributed by atoms with Gasteiger partial charge in [-0.1, -0.05) is 12.1 Å². The minimum absolute atomic E-state index is 0.0538. The zero-order chi connectivity index (χ0) is 19.2. The number of carbonyl (C=O) groups excluding carboxylic acids is 2. The Hall–Kier alpha value is -2.55. The molecule has 1 saturated heterocycles. The van der Waals surface area contributed by atoms with Gasteiger partial charge in [-0.25, -0.2) is 4.98 Å². The molecule has 0 saturated carbocycles. The Kier molecular flexibility index (Phi) is 6.33. The van der Waals surface area contributed by atoms with E-state index in [1.807, 2.05) is 0 Å². The van der Waals surface area contributed by atoms with Crippen molar-refractivity contribution < 1.29 is 23.1 Å². The number of nitrogens with zero attached hydrogens (tertiary/aromatic N) is 2. The lowest BCUT2D eigenvalue weighted by Crippen LogP contribution is -2.44. The second-order valence-electron chi connectivity index (χ2n) is 6.20. The summed E-state index contributed by atoms with van der Waals surface area (Å²) in [6.45, 7) is -1.91. The molecular formula is C18H19F2N3O3S. The van der Waals surface area contributed by atoms with Crippen LogP contribution in [0.5, 0.6) is 5.75 Å². The van der Waals surface area contributed by atoms with E-state index in [4.69, 9.17) is 0 Å². The lowest BCUT2D eigenvalue weighted by molar-refractivity contribution is -0.133. The number of nitrogens with one attached hydrogen (secondary N) is 1. The van der Waals surface area contributed by atoms with E-state index in [1.165, 1.54) is 23.5 Å². The number of aromatic nitrogens is 1. The third kappa shape index (κ3) is 5.46. The summed E-state index contributed by atoms with van der Waals surface area (Å²) in [5.41, 5.74) is 0.705. The van der Waals surface area contributed by atoms with Gasteiger partial charge in [0.25, 0.3) is 0 Å². The minimum atomic E-state index is -2.88. The van der Waals surface area contributed by atoms with Crippen molar-refractivity contribution in [2.75, 3.05) is 18.4 Å². The zero-order valence-electron chi connectivity index (χ0n) is 14.4. The van der Waals surface area contributed by atoms with Crippen LogP contribution in [0, 0.1) is 5.92 Å². The summed E-state index contributed by atoms with van der Waals surface area (Å²) in [5.74, 6) is -0.438. The number of likely N-dealkylation sites (tertiary alicyclic amines) is 1. The van der Waals surface area contributed by atoms with Gasteiger partial charge < -0.3 is 15.0 Å². The third-order valence-electron chi connectivity index (χ3n) is 4.31. The molecule has 1 aliphatic rings. The predicted octanol–water partition coefficient (Wildman–Crippen LogP) is 3.16. The van der Waals surface area contributed by atoms with Crippen molar-refractivity contribution in [2.45, 2.75) is 25.9 Å². The highest BCUT2D eigenvalue weighted by molar-refractivity contribution is 7.13. The summed E-state index contributed by atoms with van der Waals surface area (Å²) in [6, 6.07) is 6.00. The number of alkyl halides is 2. The number of rotatable bonds is 6. The summed E-state index contributed by atoms with van der Waals surface area (Å²) in [7, 11) is 0. The van der Waals surface area contributed by atoms with Crippen LogP contribution >= 0.6 is 11.3 Å². The Balaban J connectivity index is 1.54. The van der Waals surface area contributed by atoms with Crippen LogP contribution in [0.2, 0.25) is 0 Å². The number of benzene rings is 1. The molecule has 1 unspecified atom stereocenters. The number of thiazole rings is 1. The number of halogens is 2. The molecule has 2 amide bonds. The van der Waals surface area contributed by atoms with E-state index in [0.717, 1.165) is 12.8 Å². The first kappa shape index (κ1) is 19.2. The molecule has 1 fully saturated rings. The number of piperidine rings is 1. The van der Waals surface area contributed by atoms with Crippen molar-refractivity contribution in [1.29, 1.82) is 0 Å². The number of hydrogen-bond donors (Lipinski definition) is 1. The van der Waals surface area contributed by atoms with Gasteiger partial charge in [-0.2, -0.15) is 8.78 Å². The van der Waals surface area contributed by atoms with Crippen LogP contribution in [-0.4, -0.2) is 41.4 Å². The molecule has 1 N–H and O–H groups in total. The Morgan fingerprint density at radius 1 is 1.33 bits per heavy atom. The molecular weight excluding hydrogens is 376 g/mol. The summed E-state index contributed by atoms with van der Waals surface area (Å²) in [5, 5.41) is 5.11. The molecule has 0 aliphatic carbocycles. The molecule has 2 aromatic rings. The highest BCUT2D eigenvalue weighted by Gasteiger charge is 2.28. The van der Waals surface area contributed by atoms with Crippen LogP contribution in [0.1, 0.15) is 18.4 Å². The van der Waals surface area contributed by atoms with Gasteiger partial charge in [0, 0.05) is 24.7 Å². The minimum Gasteiger partial charge on any atom is -0.435 e. The summed E-state index contributed by atoms with van der Waals surface area (Å²) >= 11 is 1.35. The molecule has 0 spiro atoms. The third-order valence-corrected chi connectivity index (χ3v) is 5.00. The standard InChI is InChI=1S/C18H19F2N3O3S/c19-17(20)26-14-5-3-12(4-6-14)10-15(24)23-8-1-2-13(11-23)16(25)22-18-21-7-9-27-18/h3-7,9,13,17H,1-2,8,10-11H2,(H,21,22,25). The Morgan fingerprint density at radius 2 is 2.11 bits per heavy atom. The van der Waals surface area contributed by atoms with E-state index in [-0.39, 0.29) is 29.9 Å². The summed E-state index contributed by atoms with van der Waals surface area (Å²) in [6.07, 6.45) is 3.24. The fraction of sp³-hybridized carbons (Fsp3) is 0.389. The van der Waals surface area contributed by atoms with Gasteiger partial charge in [-0.05, 0) is 30.5 Å². The topological polar surface area (TPSA) is 71.5 Å².